The number of aryl methyl sites for hydroxylation is 2. The lowest BCUT2D eigenvalue weighted by Crippen LogP contribution is -2.06. The third-order valence-electron chi connectivity index (χ3n) is 3.55. The van der Waals surface area contributed by atoms with Crippen LogP contribution in [0.5, 0.6) is 0 Å². The van der Waals surface area contributed by atoms with E-state index in [0.29, 0.717) is 0 Å². The predicted octanol–water partition coefficient (Wildman–Crippen LogP) is 3.33. The van der Waals surface area contributed by atoms with Gasteiger partial charge in [-0.15, -0.1) is 0 Å². The molecule has 1 N–H and O–H groups in total. The van der Waals surface area contributed by atoms with Crippen molar-refractivity contribution in [2.24, 2.45) is 0 Å². The molecule has 0 aliphatic carbocycles. The van der Waals surface area contributed by atoms with Crippen LogP contribution in [0.2, 0.25) is 0 Å². The molecule has 0 aliphatic heterocycles. The van der Waals surface area contributed by atoms with E-state index in [1.54, 1.807) is 0 Å². The molecule has 0 bridgehead atoms. The van der Waals surface area contributed by atoms with Crippen molar-refractivity contribution in [3.8, 4) is 0 Å². The number of rotatable bonds is 2. The van der Waals surface area contributed by atoms with Crippen LogP contribution in [0.15, 0.2) is 48.5 Å². The fourth-order valence-corrected chi connectivity index (χ4v) is 2.50. The molecule has 3 rings (SSSR count). The van der Waals surface area contributed by atoms with Crippen LogP contribution in [0.25, 0.3) is 10.8 Å². The van der Waals surface area contributed by atoms with E-state index in [2.05, 4.69) is 22.3 Å². The molecule has 0 fully saturated rings. The quantitative estimate of drug-likeness (QED) is 0.772. The van der Waals surface area contributed by atoms with Crippen LogP contribution in [0.3, 0.4) is 0 Å². The molecular weight excluding hydrogens is 248 g/mol. The SMILES string of the molecule is Cc1cc(C(O)c2cccc3ccccc23)c(C)nn1. The molecule has 3 nitrogen and oxygen atoms in total. The summed E-state index contributed by atoms with van der Waals surface area (Å²) in [5, 5.41) is 21.0. The monoisotopic (exact) mass is 264 g/mol. The fourth-order valence-electron chi connectivity index (χ4n) is 2.50. The van der Waals surface area contributed by atoms with Gasteiger partial charge in [0, 0.05) is 5.56 Å². The van der Waals surface area contributed by atoms with Crippen LogP contribution < -0.4 is 0 Å². The Morgan fingerprint density at radius 2 is 1.65 bits per heavy atom. The molecule has 100 valence electrons. The van der Waals surface area contributed by atoms with Crippen molar-refractivity contribution < 1.29 is 5.11 Å². The minimum atomic E-state index is -0.685. The summed E-state index contributed by atoms with van der Waals surface area (Å²) in [5.74, 6) is 0. The van der Waals surface area contributed by atoms with E-state index in [0.717, 1.165) is 33.3 Å². The number of aliphatic hydroxyl groups is 1. The number of benzene rings is 2. The van der Waals surface area contributed by atoms with Crippen molar-refractivity contribution in [1.82, 2.24) is 10.2 Å². The molecular formula is C17H16N2O. The molecule has 0 saturated heterocycles. The Labute approximate surface area is 117 Å². The number of aliphatic hydroxyl groups excluding tert-OH is 1. The number of nitrogens with zero attached hydrogens (tertiary/aromatic N) is 2. The van der Waals surface area contributed by atoms with Gasteiger partial charge in [0.2, 0.25) is 0 Å². The zero-order valence-electron chi connectivity index (χ0n) is 11.5. The summed E-state index contributed by atoms with van der Waals surface area (Å²) < 4.78 is 0. The zero-order chi connectivity index (χ0) is 14.1. The molecule has 1 aromatic heterocycles. The van der Waals surface area contributed by atoms with Crippen molar-refractivity contribution in [2.45, 2.75) is 20.0 Å². The lowest BCUT2D eigenvalue weighted by molar-refractivity contribution is 0.220. The second kappa shape index (κ2) is 5.02. The number of hydrogen-bond acceptors (Lipinski definition) is 3. The lowest BCUT2D eigenvalue weighted by atomic mass is 9.95. The Kier molecular flexibility index (Phi) is 3.20. The van der Waals surface area contributed by atoms with Gasteiger partial charge in [-0.25, -0.2) is 0 Å². The average Bonchev–Trinajstić information content (AvgIpc) is 2.48. The molecule has 0 amide bonds. The normalized spacial score (nSPS) is 12.6. The molecule has 1 atom stereocenters. The Balaban J connectivity index is 2.17. The van der Waals surface area contributed by atoms with E-state index in [4.69, 9.17) is 0 Å². The maximum absolute atomic E-state index is 10.7. The molecule has 3 heteroatoms. The van der Waals surface area contributed by atoms with Crippen LogP contribution >= 0.6 is 0 Å². The van der Waals surface area contributed by atoms with Gasteiger partial charge < -0.3 is 5.11 Å². The number of fused-ring (bicyclic) bond motifs is 1. The van der Waals surface area contributed by atoms with Crippen molar-refractivity contribution in [1.29, 1.82) is 0 Å². The lowest BCUT2D eigenvalue weighted by Gasteiger charge is -2.16. The summed E-state index contributed by atoms with van der Waals surface area (Å²) in [6, 6.07) is 16.0. The van der Waals surface area contributed by atoms with Crippen LogP contribution in [0.1, 0.15) is 28.6 Å². The number of aromatic nitrogens is 2. The van der Waals surface area contributed by atoms with Crippen LogP contribution in [0.4, 0.5) is 0 Å². The molecule has 0 saturated carbocycles. The van der Waals surface area contributed by atoms with Gasteiger partial charge >= 0.3 is 0 Å². The topological polar surface area (TPSA) is 46.0 Å². The summed E-state index contributed by atoms with van der Waals surface area (Å²) in [6.45, 7) is 3.75. The van der Waals surface area contributed by atoms with Gasteiger partial charge in [0.05, 0.1) is 11.4 Å². The molecule has 3 aromatic rings. The third kappa shape index (κ3) is 2.17. The van der Waals surface area contributed by atoms with Crippen molar-refractivity contribution in [3.05, 3.63) is 71.0 Å². The molecule has 0 spiro atoms. The van der Waals surface area contributed by atoms with Gasteiger partial charge in [0.15, 0.2) is 0 Å². The highest BCUT2D eigenvalue weighted by Gasteiger charge is 2.16. The largest absolute Gasteiger partial charge is 0.384 e. The first kappa shape index (κ1) is 12.8. The standard InChI is InChI=1S/C17H16N2O/c1-11-10-16(12(2)19-18-11)17(20)15-9-5-7-13-6-3-4-8-14(13)15/h3-10,17,20H,1-2H3. The van der Waals surface area contributed by atoms with Gasteiger partial charge in [-0.2, -0.15) is 10.2 Å². The molecule has 2 aromatic carbocycles. The zero-order valence-corrected chi connectivity index (χ0v) is 11.5. The highest BCUT2D eigenvalue weighted by atomic mass is 16.3. The Morgan fingerprint density at radius 3 is 2.50 bits per heavy atom. The summed E-state index contributed by atoms with van der Waals surface area (Å²) in [6.07, 6.45) is -0.685. The number of hydrogen-bond donors (Lipinski definition) is 1. The summed E-state index contributed by atoms with van der Waals surface area (Å²) in [5.41, 5.74) is 3.29. The minimum Gasteiger partial charge on any atom is -0.384 e. The molecule has 20 heavy (non-hydrogen) atoms. The van der Waals surface area contributed by atoms with Gasteiger partial charge in [0.25, 0.3) is 0 Å². The Bertz CT molecular complexity index is 763. The molecule has 0 radical (unpaired) electrons. The molecule has 1 heterocycles. The summed E-state index contributed by atoms with van der Waals surface area (Å²) >= 11 is 0. The Morgan fingerprint density at radius 1 is 0.900 bits per heavy atom. The second-order valence-electron chi connectivity index (χ2n) is 5.00. The predicted molar refractivity (Wildman–Crippen MR) is 79.5 cm³/mol. The van der Waals surface area contributed by atoms with Crippen LogP contribution in [-0.4, -0.2) is 15.3 Å². The van der Waals surface area contributed by atoms with Crippen LogP contribution in [0, 0.1) is 13.8 Å². The van der Waals surface area contributed by atoms with E-state index in [9.17, 15) is 5.11 Å². The Hall–Kier alpha value is -2.26. The smallest absolute Gasteiger partial charge is 0.107 e. The van der Waals surface area contributed by atoms with E-state index < -0.39 is 6.10 Å². The van der Waals surface area contributed by atoms with Crippen molar-refractivity contribution in [3.63, 3.8) is 0 Å². The highest BCUT2D eigenvalue weighted by Crippen LogP contribution is 2.29. The minimum absolute atomic E-state index is 0.685. The van der Waals surface area contributed by atoms with Gasteiger partial charge in [0.1, 0.15) is 6.10 Å². The van der Waals surface area contributed by atoms with Crippen molar-refractivity contribution >= 4 is 10.8 Å². The third-order valence-corrected chi connectivity index (χ3v) is 3.55. The van der Waals surface area contributed by atoms with Crippen LogP contribution in [-0.2, 0) is 0 Å². The molecule has 1 unspecified atom stereocenters. The first-order valence-corrected chi connectivity index (χ1v) is 6.63. The van der Waals surface area contributed by atoms with Gasteiger partial charge in [-0.3, -0.25) is 0 Å². The summed E-state index contributed by atoms with van der Waals surface area (Å²) in [4.78, 5) is 0. The fraction of sp³-hybridized carbons (Fsp3) is 0.176. The van der Waals surface area contributed by atoms with E-state index in [1.165, 1.54) is 0 Å². The summed E-state index contributed by atoms with van der Waals surface area (Å²) in [7, 11) is 0. The average molecular weight is 264 g/mol. The maximum Gasteiger partial charge on any atom is 0.107 e. The maximum atomic E-state index is 10.7. The first-order valence-electron chi connectivity index (χ1n) is 6.63. The van der Waals surface area contributed by atoms with E-state index in [-0.39, 0.29) is 0 Å². The van der Waals surface area contributed by atoms with E-state index >= 15 is 0 Å². The highest BCUT2D eigenvalue weighted by molar-refractivity contribution is 5.86. The van der Waals surface area contributed by atoms with Crippen molar-refractivity contribution in [2.75, 3.05) is 0 Å². The second-order valence-corrected chi connectivity index (χ2v) is 5.00. The first-order chi connectivity index (χ1) is 9.66. The van der Waals surface area contributed by atoms with Gasteiger partial charge in [-0.05, 0) is 36.2 Å². The van der Waals surface area contributed by atoms with Gasteiger partial charge in [-0.1, -0.05) is 42.5 Å². The van der Waals surface area contributed by atoms with E-state index in [1.807, 2.05) is 50.2 Å². The molecule has 0 aliphatic rings.